The number of fused-ring (bicyclic) bond motifs is 1. The van der Waals surface area contributed by atoms with Gasteiger partial charge in [0.2, 0.25) is 5.91 Å². The van der Waals surface area contributed by atoms with Crippen molar-refractivity contribution >= 4 is 28.4 Å². The van der Waals surface area contributed by atoms with E-state index in [9.17, 15) is 4.79 Å². The smallest absolute Gasteiger partial charge is 0.227 e. The standard InChI is InChI=1S/C16H18N8O/c1-21-15-13(6-19-21)16(18-10-17-15)22-7-12(8-22)24-9-11(5-20-24)23-4-2-3-14(23)25/h5-6,9-10,12H,2-4,7-8H2,1H3. The number of carbonyl (C=O) groups excluding carboxylic acids is 1. The number of anilines is 2. The van der Waals surface area contributed by atoms with Gasteiger partial charge < -0.3 is 9.80 Å². The summed E-state index contributed by atoms with van der Waals surface area (Å²) in [6.45, 7) is 2.45. The van der Waals surface area contributed by atoms with Crippen molar-refractivity contribution in [2.45, 2.75) is 18.9 Å². The monoisotopic (exact) mass is 338 g/mol. The predicted octanol–water partition coefficient (Wildman–Crippen LogP) is 0.748. The van der Waals surface area contributed by atoms with Gasteiger partial charge in [0.05, 0.1) is 29.5 Å². The van der Waals surface area contributed by atoms with Crippen molar-refractivity contribution in [3.63, 3.8) is 0 Å². The van der Waals surface area contributed by atoms with Gasteiger partial charge in [0.25, 0.3) is 0 Å². The minimum absolute atomic E-state index is 0.190. The van der Waals surface area contributed by atoms with Crippen molar-refractivity contribution in [3.8, 4) is 0 Å². The van der Waals surface area contributed by atoms with Crippen LogP contribution in [-0.4, -0.2) is 55.1 Å². The van der Waals surface area contributed by atoms with Crippen LogP contribution in [0.1, 0.15) is 18.9 Å². The Kier molecular flexibility index (Phi) is 3.03. The minimum Gasteiger partial charge on any atom is -0.351 e. The SMILES string of the molecule is Cn1ncc2c(N3CC(n4cc(N5CCCC5=O)cn4)C3)ncnc21. The molecule has 9 nitrogen and oxygen atoms in total. The predicted molar refractivity (Wildman–Crippen MR) is 91.4 cm³/mol. The van der Waals surface area contributed by atoms with Crippen molar-refractivity contribution in [2.24, 2.45) is 7.05 Å². The van der Waals surface area contributed by atoms with Gasteiger partial charge in [-0.3, -0.25) is 14.2 Å². The molecule has 25 heavy (non-hydrogen) atoms. The lowest BCUT2D eigenvalue weighted by molar-refractivity contribution is -0.117. The van der Waals surface area contributed by atoms with Crippen LogP contribution in [0.4, 0.5) is 11.5 Å². The molecule has 1 amide bonds. The van der Waals surface area contributed by atoms with Gasteiger partial charge in [-0.25, -0.2) is 9.97 Å². The number of amides is 1. The molecule has 9 heteroatoms. The van der Waals surface area contributed by atoms with Crippen molar-refractivity contribution < 1.29 is 4.79 Å². The quantitative estimate of drug-likeness (QED) is 0.700. The van der Waals surface area contributed by atoms with Crippen LogP contribution in [0.25, 0.3) is 11.0 Å². The van der Waals surface area contributed by atoms with Crippen LogP contribution in [-0.2, 0) is 11.8 Å². The molecule has 0 unspecified atom stereocenters. The number of hydrogen-bond acceptors (Lipinski definition) is 6. The Morgan fingerprint density at radius 2 is 2.04 bits per heavy atom. The maximum Gasteiger partial charge on any atom is 0.227 e. The zero-order valence-corrected chi connectivity index (χ0v) is 13.9. The molecule has 0 atom stereocenters. The lowest BCUT2D eigenvalue weighted by Crippen LogP contribution is -2.48. The molecular weight excluding hydrogens is 320 g/mol. The number of aryl methyl sites for hydroxylation is 1. The van der Waals surface area contributed by atoms with Crippen LogP contribution in [0, 0.1) is 0 Å². The van der Waals surface area contributed by atoms with Crippen LogP contribution in [0.5, 0.6) is 0 Å². The van der Waals surface area contributed by atoms with Crippen LogP contribution < -0.4 is 9.80 Å². The molecule has 128 valence electrons. The van der Waals surface area contributed by atoms with Crippen LogP contribution in [0.2, 0.25) is 0 Å². The molecule has 0 saturated carbocycles. The van der Waals surface area contributed by atoms with E-state index in [2.05, 4.69) is 25.1 Å². The Hall–Kier alpha value is -2.97. The fourth-order valence-electron chi connectivity index (χ4n) is 3.59. The first-order valence-corrected chi connectivity index (χ1v) is 8.43. The third kappa shape index (κ3) is 2.19. The molecule has 0 aromatic carbocycles. The highest BCUT2D eigenvalue weighted by Gasteiger charge is 2.32. The van der Waals surface area contributed by atoms with Gasteiger partial charge in [0.1, 0.15) is 12.1 Å². The Morgan fingerprint density at radius 3 is 2.84 bits per heavy atom. The Bertz CT molecular complexity index is 954. The fourth-order valence-corrected chi connectivity index (χ4v) is 3.59. The average Bonchev–Trinajstić information content (AvgIpc) is 3.28. The van der Waals surface area contributed by atoms with Crippen molar-refractivity contribution in [1.29, 1.82) is 0 Å². The largest absolute Gasteiger partial charge is 0.351 e. The number of aromatic nitrogens is 6. The number of hydrogen-bond donors (Lipinski definition) is 0. The Balaban J connectivity index is 1.33. The van der Waals surface area contributed by atoms with Crippen LogP contribution in [0.3, 0.4) is 0 Å². The molecule has 2 fully saturated rings. The second kappa shape index (κ2) is 5.27. The highest BCUT2D eigenvalue weighted by molar-refractivity contribution is 5.95. The van der Waals surface area contributed by atoms with Crippen molar-refractivity contribution in [3.05, 3.63) is 24.9 Å². The molecule has 0 aliphatic carbocycles. The number of carbonyl (C=O) groups is 1. The average molecular weight is 338 g/mol. The van der Waals surface area contributed by atoms with Crippen LogP contribution >= 0.6 is 0 Å². The van der Waals surface area contributed by atoms with Gasteiger partial charge in [0.15, 0.2) is 5.65 Å². The maximum absolute atomic E-state index is 11.9. The third-order valence-electron chi connectivity index (χ3n) is 5.02. The van der Waals surface area contributed by atoms with Gasteiger partial charge in [0, 0.05) is 39.3 Å². The molecule has 5 rings (SSSR count). The molecule has 5 heterocycles. The second-order valence-electron chi connectivity index (χ2n) is 6.59. The van der Waals surface area contributed by atoms with Crippen molar-refractivity contribution in [2.75, 3.05) is 29.4 Å². The summed E-state index contributed by atoms with van der Waals surface area (Å²) in [5.74, 6) is 1.10. The summed E-state index contributed by atoms with van der Waals surface area (Å²) in [6, 6.07) is 0.285. The molecule has 0 N–H and O–H groups in total. The zero-order valence-electron chi connectivity index (χ0n) is 13.9. The molecule has 0 spiro atoms. The molecule has 2 aliphatic rings. The summed E-state index contributed by atoms with van der Waals surface area (Å²) in [5.41, 5.74) is 1.74. The van der Waals surface area contributed by atoms with Gasteiger partial charge in [-0.15, -0.1) is 0 Å². The van der Waals surface area contributed by atoms with Crippen molar-refractivity contribution in [1.82, 2.24) is 29.5 Å². The summed E-state index contributed by atoms with van der Waals surface area (Å²) in [7, 11) is 1.88. The van der Waals surface area contributed by atoms with E-state index >= 15 is 0 Å². The number of rotatable bonds is 3. The third-order valence-corrected chi connectivity index (χ3v) is 5.02. The highest BCUT2D eigenvalue weighted by Crippen LogP contribution is 2.31. The fraction of sp³-hybridized carbons (Fsp3) is 0.438. The molecule has 0 bridgehead atoms. The van der Waals surface area contributed by atoms with E-state index < -0.39 is 0 Å². The summed E-state index contributed by atoms with van der Waals surface area (Å²) < 4.78 is 3.71. The molecule has 3 aromatic heterocycles. The first-order chi connectivity index (χ1) is 12.2. The molecule has 2 saturated heterocycles. The highest BCUT2D eigenvalue weighted by atomic mass is 16.2. The lowest BCUT2D eigenvalue weighted by atomic mass is 10.1. The van der Waals surface area contributed by atoms with E-state index in [0.717, 1.165) is 48.6 Å². The molecule has 3 aromatic rings. The molecule has 2 aliphatic heterocycles. The Labute approximate surface area is 143 Å². The topological polar surface area (TPSA) is 85.0 Å². The minimum atomic E-state index is 0.190. The van der Waals surface area contributed by atoms with Crippen LogP contribution in [0.15, 0.2) is 24.9 Å². The second-order valence-corrected chi connectivity index (χ2v) is 6.59. The van der Waals surface area contributed by atoms with Gasteiger partial charge in [-0.1, -0.05) is 0 Å². The van der Waals surface area contributed by atoms with E-state index in [1.807, 2.05) is 29.0 Å². The van der Waals surface area contributed by atoms with E-state index in [0.29, 0.717) is 6.42 Å². The Morgan fingerprint density at radius 1 is 1.16 bits per heavy atom. The summed E-state index contributed by atoms with van der Waals surface area (Å²) >= 11 is 0. The van der Waals surface area contributed by atoms with E-state index in [4.69, 9.17) is 0 Å². The van der Waals surface area contributed by atoms with E-state index in [1.165, 1.54) is 0 Å². The first kappa shape index (κ1) is 14.4. The maximum atomic E-state index is 11.9. The van der Waals surface area contributed by atoms with Gasteiger partial charge in [-0.05, 0) is 6.42 Å². The summed E-state index contributed by atoms with van der Waals surface area (Å²) in [4.78, 5) is 24.6. The molecular formula is C16H18N8O. The van der Waals surface area contributed by atoms with E-state index in [1.54, 1.807) is 17.2 Å². The number of nitrogens with zero attached hydrogens (tertiary/aromatic N) is 8. The van der Waals surface area contributed by atoms with Gasteiger partial charge in [-0.2, -0.15) is 10.2 Å². The summed E-state index contributed by atoms with van der Waals surface area (Å²) in [5, 5.41) is 9.69. The molecule has 0 radical (unpaired) electrons. The summed E-state index contributed by atoms with van der Waals surface area (Å²) in [6.07, 6.45) is 8.72. The zero-order chi connectivity index (χ0) is 17.0. The van der Waals surface area contributed by atoms with E-state index in [-0.39, 0.29) is 11.9 Å². The lowest BCUT2D eigenvalue weighted by Gasteiger charge is -2.40. The normalized spacial score (nSPS) is 18.4. The first-order valence-electron chi connectivity index (χ1n) is 8.43. The van der Waals surface area contributed by atoms with Gasteiger partial charge >= 0.3 is 0 Å².